The van der Waals surface area contributed by atoms with Gasteiger partial charge >= 0.3 is 5.69 Å². The van der Waals surface area contributed by atoms with E-state index in [9.17, 15) is 14.4 Å². The van der Waals surface area contributed by atoms with Crippen LogP contribution in [0.1, 0.15) is 45.1 Å². The molecule has 142 valence electrons. The molecule has 0 unspecified atom stereocenters. The van der Waals surface area contributed by atoms with E-state index in [-0.39, 0.29) is 34.4 Å². The van der Waals surface area contributed by atoms with Crippen molar-refractivity contribution < 1.29 is 4.79 Å². The number of aromatic amines is 2. The van der Waals surface area contributed by atoms with Gasteiger partial charge in [0.05, 0.1) is 22.6 Å². The molecule has 4 bridgehead atoms. The van der Waals surface area contributed by atoms with Crippen molar-refractivity contribution in [3.8, 4) is 0 Å². The van der Waals surface area contributed by atoms with Crippen LogP contribution in [0.25, 0.3) is 0 Å². The summed E-state index contributed by atoms with van der Waals surface area (Å²) < 4.78 is 0. The number of H-pyrrole nitrogens is 2. The first-order valence-corrected chi connectivity index (χ1v) is 9.48. The minimum absolute atomic E-state index is 0.178. The summed E-state index contributed by atoms with van der Waals surface area (Å²) in [5.74, 6) is 0.900. The summed E-state index contributed by atoms with van der Waals surface area (Å²) in [6.07, 6.45) is -0.178. The van der Waals surface area contributed by atoms with E-state index >= 15 is 0 Å². The monoisotopic (exact) mass is 360 g/mol. The average Bonchev–Trinajstić information content (AvgIpc) is 2.51. The molecular formula is C19H28N4O3. The number of aromatic nitrogens is 2. The van der Waals surface area contributed by atoms with Crippen LogP contribution in [0, 0.1) is 29.6 Å². The number of carbonyl (C=O) groups excluding carboxylic acids is 1. The Morgan fingerprint density at radius 3 is 1.73 bits per heavy atom. The maximum Gasteiger partial charge on any atom is 0.325 e. The van der Waals surface area contributed by atoms with Gasteiger partial charge in [-0.2, -0.15) is 0 Å². The Kier molecular flexibility index (Phi) is 3.66. The second-order valence-corrected chi connectivity index (χ2v) is 9.08. The molecule has 4 aliphatic heterocycles. The molecule has 0 saturated carbocycles. The lowest BCUT2D eigenvalue weighted by Gasteiger charge is -2.68. The van der Waals surface area contributed by atoms with Crippen LogP contribution in [0.3, 0.4) is 0 Å². The summed E-state index contributed by atoms with van der Waals surface area (Å²) in [4.78, 5) is 47.4. The zero-order valence-electron chi connectivity index (χ0n) is 16.2. The molecule has 7 heteroatoms. The number of rotatable bonds is 3. The summed E-state index contributed by atoms with van der Waals surface area (Å²) in [5, 5.41) is 0. The van der Waals surface area contributed by atoms with E-state index in [1.165, 1.54) is 0 Å². The first-order valence-electron chi connectivity index (χ1n) is 9.48. The Morgan fingerprint density at radius 1 is 0.885 bits per heavy atom. The molecule has 5 heterocycles. The Balaban J connectivity index is 1.86. The van der Waals surface area contributed by atoms with Gasteiger partial charge in [0.1, 0.15) is 0 Å². The molecule has 5 rings (SSSR count). The number of hydrogen-bond donors (Lipinski definition) is 2. The van der Waals surface area contributed by atoms with Crippen LogP contribution in [0.4, 0.5) is 0 Å². The third-order valence-electron chi connectivity index (χ3n) is 7.18. The smallest absolute Gasteiger partial charge is 0.311 e. The molecule has 0 aromatic carbocycles. The number of ketones is 1. The highest BCUT2D eigenvalue weighted by molar-refractivity contribution is 5.94. The van der Waals surface area contributed by atoms with Gasteiger partial charge in [-0.05, 0) is 18.8 Å². The van der Waals surface area contributed by atoms with Gasteiger partial charge in [0.15, 0.2) is 5.78 Å². The van der Waals surface area contributed by atoms with Gasteiger partial charge in [-0.15, -0.1) is 0 Å². The van der Waals surface area contributed by atoms with Gasteiger partial charge in [0, 0.05) is 31.9 Å². The second-order valence-electron chi connectivity index (χ2n) is 9.08. The number of Topliss-reactive ketones (excluding diaryl/α,β-unsaturated/α-hetero) is 1. The summed E-state index contributed by atoms with van der Waals surface area (Å²) in [6, 6.07) is 0. The van der Waals surface area contributed by atoms with E-state index in [1.54, 1.807) is 6.92 Å². The molecule has 1 aromatic heterocycles. The highest BCUT2D eigenvalue weighted by Gasteiger charge is 2.67. The number of piperidine rings is 2. The van der Waals surface area contributed by atoms with Crippen molar-refractivity contribution in [2.45, 2.75) is 40.8 Å². The third kappa shape index (κ3) is 2.04. The molecule has 1 aromatic rings. The Morgan fingerprint density at radius 2 is 1.35 bits per heavy atom. The van der Waals surface area contributed by atoms with E-state index in [1.807, 2.05) is 0 Å². The summed E-state index contributed by atoms with van der Waals surface area (Å²) in [5.41, 5.74) is -0.335. The van der Waals surface area contributed by atoms with Crippen LogP contribution in [-0.4, -0.2) is 51.7 Å². The van der Waals surface area contributed by atoms with Crippen molar-refractivity contribution in [3.63, 3.8) is 0 Å². The minimum atomic E-state index is -0.474. The van der Waals surface area contributed by atoms with Gasteiger partial charge < -0.3 is 4.98 Å². The number of carbonyl (C=O) groups is 1. The van der Waals surface area contributed by atoms with E-state index in [0.717, 1.165) is 0 Å². The van der Waals surface area contributed by atoms with Crippen molar-refractivity contribution in [2.24, 2.45) is 22.7 Å². The van der Waals surface area contributed by atoms with Gasteiger partial charge in [0.25, 0.3) is 5.56 Å². The Bertz CT molecular complexity index is 836. The lowest BCUT2D eigenvalue weighted by molar-refractivity contribution is -0.218. The summed E-state index contributed by atoms with van der Waals surface area (Å²) >= 11 is 0. The average molecular weight is 360 g/mol. The topological polar surface area (TPSA) is 89.3 Å². The number of nitrogens with zero attached hydrogens (tertiary/aromatic N) is 2. The van der Waals surface area contributed by atoms with Gasteiger partial charge in [-0.3, -0.25) is 24.4 Å². The highest BCUT2D eigenvalue weighted by atomic mass is 16.2. The quantitative estimate of drug-likeness (QED) is 0.835. The standard InChI is InChI=1S/C19H28N4O3/c1-10(2)18-6-22-8-19(11(3)4,16(18)25)9-23(7-18)15(22)13-12(5)20-17(26)21-14(13)24/h10-11,15H,6-9H2,1-5H3,(H2,20,21,24,26). The van der Waals surface area contributed by atoms with Gasteiger partial charge in [-0.1, -0.05) is 27.7 Å². The van der Waals surface area contributed by atoms with Crippen LogP contribution < -0.4 is 11.2 Å². The van der Waals surface area contributed by atoms with E-state index in [0.29, 0.717) is 43.2 Å². The van der Waals surface area contributed by atoms with Gasteiger partial charge in [0.2, 0.25) is 0 Å². The number of hydrogen-bond acceptors (Lipinski definition) is 5. The molecule has 0 radical (unpaired) electrons. The van der Waals surface area contributed by atoms with Gasteiger partial charge in [-0.25, -0.2) is 4.79 Å². The first kappa shape index (κ1) is 17.7. The maximum atomic E-state index is 13.6. The predicted octanol–water partition coefficient (Wildman–Crippen LogP) is 0.869. The van der Waals surface area contributed by atoms with Crippen molar-refractivity contribution in [1.82, 2.24) is 19.8 Å². The largest absolute Gasteiger partial charge is 0.325 e. The van der Waals surface area contributed by atoms with Crippen molar-refractivity contribution in [3.05, 3.63) is 32.1 Å². The van der Waals surface area contributed by atoms with Crippen molar-refractivity contribution in [2.75, 3.05) is 26.2 Å². The molecule has 0 atom stereocenters. The lowest BCUT2D eigenvalue weighted by Crippen LogP contribution is -2.79. The molecule has 0 amide bonds. The SMILES string of the molecule is Cc1[nH]c(=O)[nH]c(=O)c1C1N2CC3(C(C)C)CN1CC(C(C)C)(C2)C3=O. The van der Waals surface area contributed by atoms with Crippen LogP contribution in [-0.2, 0) is 4.79 Å². The Labute approximate surface area is 152 Å². The fourth-order valence-corrected chi connectivity index (χ4v) is 5.56. The van der Waals surface area contributed by atoms with E-state index in [2.05, 4.69) is 47.5 Å². The van der Waals surface area contributed by atoms with Crippen molar-refractivity contribution >= 4 is 5.78 Å². The van der Waals surface area contributed by atoms with Crippen LogP contribution >= 0.6 is 0 Å². The van der Waals surface area contributed by atoms with Crippen molar-refractivity contribution in [1.29, 1.82) is 0 Å². The molecule has 26 heavy (non-hydrogen) atoms. The summed E-state index contributed by atoms with van der Waals surface area (Å²) in [6.45, 7) is 13.0. The fourth-order valence-electron chi connectivity index (χ4n) is 5.56. The third-order valence-corrected chi connectivity index (χ3v) is 7.18. The molecule has 4 fully saturated rings. The molecule has 0 spiro atoms. The normalized spacial score (nSPS) is 38.6. The highest BCUT2D eigenvalue weighted by Crippen LogP contribution is 2.56. The number of aryl methyl sites for hydroxylation is 1. The Hall–Kier alpha value is -1.73. The van der Waals surface area contributed by atoms with Crippen LogP contribution in [0.15, 0.2) is 9.59 Å². The second kappa shape index (κ2) is 5.39. The molecular weight excluding hydrogens is 332 g/mol. The lowest BCUT2D eigenvalue weighted by atomic mass is 9.53. The van der Waals surface area contributed by atoms with Crippen LogP contribution in [0.5, 0.6) is 0 Å². The minimum Gasteiger partial charge on any atom is -0.311 e. The zero-order chi connectivity index (χ0) is 19.0. The molecule has 2 N–H and O–H groups in total. The maximum absolute atomic E-state index is 13.6. The summed E-state index contributed by atoms with van der Waals surface area (Å²) in [7, 11) is 0. The molecule has 4 saturated heterocycles. The fraction of sp³-hybridized carbons (Fsp3) is 0.737. The van der Waals surface area contributed by atoms with E-state index < -0.39 is 5.69 Å². The van der Waals surface area contributed by atoms with E-state index in [4.69, 9.17) is 0 Å². The zero-order valence-corrected chi connectivity index (χ0v) is 16.2. The molecule has 0 aliphatic carbocycles. The first-order chi connectivity index (χ1) is 12.1. The molecule has 7 nitrogen and oxygen atoms in total. The van der Waals surface area contributed by atoms with Crippen LogP contribution in [0.2, 0.25) is 0 Å². The predicted molar refractivity (Wildman–Crippen MR) is 97.9 cm³/mol. The molecule has 4 aliphatic rings. The number of nitrogens with one attached hydrogen (secondary N) is 2.